The zero-order valence-electron chi connectivity index (χ0n) is 11.6. The number of nitrogens with zero attached hydrogens (tertiary/aromatic N) is 2. The van der Waals surface area contributed by atoms with E-state index in [0.29, 0.717) is 17.1 Å². The van der Waals surface area contributed by atoms with Gasteiger partial charge in [0, 0.05) is 24.3 Å². The lowest BCUT2D eigenvalue weighted by Gasteiger charge is -2.25. The highest BCUT2D eigenvalue weighted by Crippen LogP contribution is 2.34. The second kappa shape index (κ2) is 5.48. The number of nitro groups is 1. The van der Waals surface area contributed by atoms with Crippen LogP contribution in [0.3, 0.4) is 0 Å². The summed E-state index contributed by atoms with van der Waals surface area (Å²) in [6.07, 6.45) is 1.02. The first-order valence-electron chi connectivity index (χ1n) is 6.83. The van der Waals surface area contributed by atoms with E-state index in [0.717, 1.165) is 12.0 Å². The lowest BCUT2D eigenvalue weighted by atomic mass is 10.1. The van der Waals surface area contributed by atoms with Gasteiger partial charge in [0.1, 0.15) is 0 Å². The molecule has 0 bridgehead atoms. The molecule has 4 nitrogen and oxygen atoms in total. The Labute approximate surface area is 131 Å². The Kier molecular flexibility index (Phi) is 3.68. The van der Waals surface area contributed by atoms with Crippen LogP contribution >= 0.6 is 15.9 Å². The highest BCUT2D eigenvalue weighted by atomic mass is 79.9. The number of anilines is 1. The third-order valence-electron chi connectivity index (χ3n) is 3.91. The normalized spacial score (nSPS) is 16.9. The molecule has 0 N–H and O–H groups in total. The summed E-state index contributed by atoms with van der Waals surface area (Å²) in [5.74, 6) is 0. The highest BCUT2D eigenvalue weighted by molar-refractivity contribution is 9.10. The Bertz CT molecular complexity index is 702. The summed E-state index contributed by atoms with van der Waals surface area (Å²) >= 11 is 3.23. The molecule has 5 heteroatoms. The van der Waals surface area contributed by atoms with Crippen LogP contribution in [0.1, 0.15) is 18.1 Å². The summed E-state index contributed by atoms with van der Waals surface area (Å²) < 4.78 is 0.520. The Balaban J connectivity index is 1.91. The number of benzene rings is 2. The Morgan fingerprint density at radius 1 is 1.33 bits per heavy atom. The molecule has 0 radical (unpaired) electrons. The Morgan fingerprint density at radius 2 is 2.10 bits per heavy atom. The summed E-state index contributed by atoms with van der Waals surface area (Å²) in [4.78, 5) is 13.0. The van der Waals surface area contributed by atoms with Crippen molar-refractivity contribution in [1.29, 1.82) is 0 Å². The summed E-state index contributed by atoms with van der Waals surface area (Å²) in [7, 11) is 0. The predicted octanol–water partition coefficient (Wildman–Crippen LogP) is 4.31. The van der Waals surface area contributed by atoms with Crippen LogP contribution in [0.25, 0.3) is 0 Å². The molecular formula is C16H15BrN2O2. The van der Waals surface area contributed by atoms with Crippen molar-refractivity contribution in [2.24, 2.45) is 0 Å². The Hall–Kier alpha value is -1.88. The molecule has 108 valence electrons. The van der Waals surface area contributed by atoms with Gasteiger partial charge >= 0.3 is 0 Å². The van der Waals surface area contributed by atoms with E-state index in [9.17, 15) is 10.1 Å². The minimum Gasteiger partial charge on any atom is -0.364 e. The van der Waals surface area contributed by atoms with Gasteiger partial charge in [-0.1, -0.05) is 24.3 Å². The van der Waals surface area contributed by atoms with Gasteiger partial charge in [-0.3, -0.25) is 10.1 Å². The van der Waals surface area contributed by atoms with Crippen molar-refractivity contribution in [3.8, 4) is 0 Å². The molecule has 0 spiro atoms. The van der Waals surface area contributed by atoms with Crippen LogP contribution in [0, 0.1) is 10.1 Å². The van der Waals surface area contributed by atoms with Crippen molar-refractivity contribution >= 4 is 27.3 Å². The van der Waals surface area contributed by atoms with Gasteiger partial charge in [0.2, 0.25) is 0 Å². The summed E-state index contributed by atoms with van der Waals surface area (Å²) in [6.45, 7) is 2.87. The van der Waals surface area contributed by atoms with E-state index >= 15 is 0 Å². The monoisotopic (exact) mass is 346 g/mol. The summed E-state index contributed by atoms with van der Waals surface area (Å²) in [5, 5.41) is 11.0. The molecule has 2 aromatic carbocycles. The van der Waals surface area contributed by atoms with Gasteiger partial charge in [-0.05, 0) is 52.5 Å². The second-order valence-electron chi connectivity index (χ2n) is 5.35. The number of rotatable bonds is 3. The molecule has 3 rings (SSSR count). The number of hydrogen-bond acceptors (Lipinski definition) is 3. The van der Waals surface area contributed by atoms with Gasteiger partial charge < -0.3 is 4.90 Å². The summed E-state index contributed by atoms with van der Waals surface area (Å²) in [5.41, 5.74) is 3.65. The average molecular weight is 347 g/mol. The third kappa shape index (κ3) is 2.65. The molecular weight excluding hydrogens is 332 g/mol. The Morgan fingerprint density at radius 3 is 2.86 bits per heavy atom. The van der Waals surface area contributed by atoms with Crippen molar-refractivity contribution in [2.75, 3.05) is 4.90 Å². The first-order valence-corrected chi connectivity index (χ1v) is 7.63. The van der Waals surface area contributed by atoms with Crippen LogP contribution < -0.4 is 4.90 Å². The minimum absolute atomic E-state index is 0.118. The summed E-state index contributed by atoms with van der Waals surface area (Å²) in [6, 6.07) is 14.1. The van der Waals surface area contributed by atoms with Crippen LogP contribution in [0.15, 0.2) is 46.9 Å². The topological polar surface area (TPSA) is 46.4 Å². The zero-order valence-corrected chi connectivity index (χ0v) is 13.2. The van der Waals surface area contributed by atoms with Crippen LogP contribution in [-0.4, -0.2) is 11.0 Å². The quantitative estimate of drug-likeness (QED) is 0.614. The van der Waals surface area contributed by atoms with Gasteiger partial charge in [-0.2, -0.15) is 0 Å². The third-order valence-corrected chi connectivity index (χ3v) is 4.58. The van der Waals surface area contributed by atoms with Crippen molar-refractivity contribution in [2.45, 2.75) is 25.9 Å². The SMILES string of the molecule is CC1Cc2ccccc2N1Cc1ccc(Br)c([N+](=O)[O-])c1. The van der Waals surface area contributed by atoms with E-state index in [4.69, 9.17) is 0 Å². The molecule has 1 heterocycles. The molecule has 1 atom stereocenters. The molecule has 1 unspecified atom stereocenters. The maximum atomic E-state index is 11.0. The van der Waals surface area contributed by atoms with E-state index < -0.39 is 0 Å². The molecule has 2 aromatic rings. The number of hydrogen-bond donors (Lipinski definition) is 0. The van der Waals surface area contributed by atoms with Crippen molar-refractivity contribution in [1.82, 2.24) is 0 Å². The largest absolute Gasteiger partial charge is 0.364 e. The molecule has 0 fully saturated rings. The molecule has 1 aliphatic heterocycles. The number of nitro benzene ring substituents is 1. The molecule has 0 aromatic heterocycles. The lowest BCUT2D eigenvalue weighted by molar-refractivity contribution is -0.385. The second-order valence-corrected chi connectivity index (χ2v) is 6.21. The first-order chi connectivity index (χ1) is 10.1. The van der Waals surface area contributed by atoms with Crippen LogP contribution in [0.5, 0.6) is 0 Å². The molecule has 0 saturated heterocycles. The first kappa shape index (κ1) is 14.1. The zero-order chi connectivity index (χ0) is 15.0. The molecule has 0 aliphatic carbocycles. The number of halogens is 1. The standard InChI is InChI=1S/C16H15BrN2O2/c1-11-8-13-4-2-3-5-15(13)18(11)10-12-6-7-14(17)16(9-12)19(20)21/h2-7,9,11H,8,10H2,1H3. The maximum Gasteiger partial charge on any atom is 0.283 e. The van der Waals surface area contributed by atoms with Crippen LogP contribution in [-0.2, 0) is 13.0 Å². The van der Waals surface area contributed by atoms with Crippen molar-refractivity contribution in [3.05, 3.63) is 68.2 Å². The van der Waals surface area contributed by atoms with E-state index in [1.54, 1.807) is 12.1 Å². The van der Waals surface area contributed by atoms with Crippen LogP contribution in [0.4, 0.5) is 11.4 Å². The smallest absolute Gasteiger partial charge is 0.283 e. The van der Waals surface area contributed by atoms with E-state index in [1.807, 2.05) is 12.1 Å². The fourth-order valence-electron chi connectivity index (χ4n) is 2.86. The molecule has 1 aliphatic rings. The fourth-order valence-corrected chi connectivity index (χ4v) is 3.26. The van der Waals surface area contributed by atoms with Crippen molar-refractivity contribution in [3.63, 3.8) is 0 Å². The molecule has 21 heavy (non-hydrogen) atoms. The molecule has 0 saturated carbocycles. The lowest BCUT2D eigenvalue weighted by Crippen LogP contribution is -2.28. The molecule has 0 amide bonds. The van der Waals surface area contributed by atoms with E-state index in [2.05, 4.69) is 46.0 Å². The van der Waals surface area contributed by atoms with Crippen molar-refractivity contribution < 1.29 is 4.92 Å². The van der Waals surface area contributed by atoms with Gasteiger partial charge in [0.15, 0.2) is 0 Å². The minimum atomic E-state index is -0.352. The fraction of sp³-hybridized carbons (Fsp3) is 0.250. The number of fused-ring (bicyclic) bond motifs is 1. The van der Waals surface area contributed by atoms with E-state index in [1.165, 1.54) is 11.3 Å². The predicted molar refractivity (Wildman–Crippen MR) is 86.6 cm³/mol. The number of para-hydroxylation sites is 1. The van der Waals surface area contributed by atoms with Gasteiger partial charge in [0.25, 0.3) is 5.69 Å². The van der Waals surface area contributed by atoms with Crippen LogP contribution in [0.2, 0.25) is 0 Å². The van der Waals surface area contributed by atoms with E-state index in [-0.39, 0.29) is 10.6 Å². The van der Waals surface area contributed by atoms with Gasteiger partial charge in [0.05, 0.1) is 9.40 Å². The average Bonchev–Trinajstić information content (AvgIpc) is 2.77. The van der Waals surface area contributed by atoms with Gasteiger partial charge in [-0.15, -0.1) is 0 Å². The van der Waals surface area contributed by atoms with Gasteiger partial charge in [-0.25, -0.2) is 0 Å². The highest BCUT2D eigenvalue weighted by Gasteiger charge is 2.26. The maximum absolute atomic E-state index is 11.0.